The Morgan fingerprint density at radius 3 is 2.62 bits per heavy atom. The standard InChI is InChI=1S/C8H16N4S/c1-5-9-12-7(4)11(6(2)3)10-8(12)13/h5-7H,1-4H3,(H,10,13). The molecule has 1 atom stereocenters. The van der Waals surface area contributed by atoms with E-state index in [4.69, 9.17) is 12.2 Å². The smallest absolute Gasteiger partial charge is 0.206 e. The lowest BCUT2D eigenvalue weighted by Crippen LogP contribution is -2.42. The third kappa shape index (κ3) is 1.97. The van der Waals surface area contributed by atoms with Gasteiger partial charge in [0.2, 0.25) is 5.11 Å². The number of hydrogen-bond donors (Lipinski definition) is 1. The summed E-state index contributed by atoms with van der Waals surface area (Å²) in [5.74, 6) is 0. The SMILES string of the molecule is CC=NN1C(=S)NN(C(C)C)C1C. The Kier molecular flexibility index (Phi) is 3.22. The van der Waals surface area contributed by atoms with Crippen LogP contribution < -0.4 is 5.43 Å². The van der Waals surface area contributed by atoms with Crippen LogP contribution in [0.3, 0.4) is 0 Å². The Morgan fingerprint density at radius 2 is 2.23 bits per heavy atom. The number of hydrazone groups is 1. The Balaban J connectivity index is 2.75. The molecule has 0 aromatic carbocycles. The Bertz CT molecular complexity index is 226. The quantitative estimate of drug-likeness (QED) is 0.535. The topological polar surface area (TPSA) is 30.9 Å². The summed E-state index contributed by atoms with van der Waals surface area (Å²) in [6, 6.07) is 0.407. The van der Waals surface area contributed by atoms with Crippen molar-refractivity contribution in [3.05, 3.63) is 0 Å². The highest BCUT2D eigenvalue weighted by atomic mass is 32.1. The van der Waals surface area contributed by atoms with Gasteiger partial charge in [0.05, 0.1) is 0 Å². The molecule has 0 spiro atoms. The van der Waals surface area contributed by atoms with Crippen molar-refractivity contribution in [2.75, 3.05) is 0 Å². The van der Waals surface area contributed by atoms with Crippen LogP contribution >= 0.6 is 12.2 Å². The van der Waals surface area contributed by atoms with E-state index in [0.717, 1.165) is 0 Å². The maximum atomic E-state index is 5.14. The molecule has 0 saturated carbocycles. The first kappa shape index (κ1) is 10.4. The molecule has 0 aromatic rings. The van der Waals surface area contributed by atoms with E-state index in [1.807, 2.05) is 6.92 Å². The predicted molar refractivity (Wildman–Crippen MR) is 58.2 cm³/mol. The van der Waals surface area contributed by atoms with Crippen LogP contribution in [0.15, 0.2) is 5.10 Å². The van der Waals surface area contributed by atoms with Gasteiger partial charge in [-0.3, -0.25) is 5.43 Å². The summed E-state index contributed by atoms with van der Waals surface area (Å²) in [5.41, 5.74) is 3.11. The monoisotopic (exact) mass is 200 g/mol. The first-order valence-corrected chi connectivity index (χ1v) is 4.85. The lowest BCUT2D eigenvalue weighted by molar-refractivity contribution is 0.103. The zero-order valence-corrected chi connectivity index (χ0v) is 9.30. The van der Waals surface area contributed by atoms with Gasteiger partial charge in [0.25, 0.3) is 0 Å². The molecule has 0 radical (unpaired) electrons. The van der Waals surface area contributed by atoms with Gasteiger partial charge in [0, 0.05) is 12.3 Å². The van der Waals surface area contributed by atoms with Crippen molar-refractivity contribution in [3.63, 3.8) is 0 Å². The van der Waals surface area contributed by atoms with Crippen LogP contribution in [0.25, 0.3) is 0 Å². The summed E-state index contributed by atoms with van der Waals surface area (Å²) >= 11 is 5.14. The molecule has 1 rings (SSSR count). The zero-order chi connectivity index (χ0) is 10.0. The summed E-state index contributed by atoms with van der Waals surface area (Å²) in [6.07, 6.45) is 1.93. The first-order valence-electron chi connectivity index (χ1n) is 4.44. The van der Waals surface area contributed by atoms with Gasteiger partial charge in [0.1, 0.15) is 6.17 Å². The summed E-state index contributed by atoms with van der Waals surface area (Å²) in [6.45, 7) is 8.18. The second kappa shape index (κ2) is 4.02. The lowest BCUT2D eigenvalue weighted by atomic mass is 10.3. The highest BCUT2D eigenvalue weighted by Gasteiger charge is 2.32. The predicted octanol–water partition coefficient (Wildman–Crippen LogP) is 1.15. The highest BCUT2D eigenvalue weighted by Crippen LogP contribution is 2.15. The van der Waals surface area contributed by atoms with Gasteiger partial charge in [-0.25, -0.2) is 5.01 Å². The zero-order valence-electron chi connectivity index (χ0n) is 8.48. The normalized spacial score (nSPS) is 24.8. The molecule has 1 aliphatic rings. The second-order valence-corrected chi connectivity index (χ2v) is 3.65. The molecule has 1 aliphatic heterocycles. The molecule has 1 saturated heterocycles. The van der Waals surface area contributed by atoms with Gasteiger partial charge >= 0.3 is 0 Å². The minimum absolute atomic E-state index is 0.184. The van der Waals surface area contributed by atoms with E-state index in [1.54, 1.807) is 11.2 Å². The van der Waals surface area contributed by atoms with E-state index < -0.39 is 0 Å². The number of thiocarbonyl (C=S) groups is 1. The van der Waals surface area contributed by atoms with Gasteiger partial charge < -0.3 is 0 Å². The van der Waals surface area contributed by atoms with Gasteiger partial charge in [-0.2, -0.15) is 10.1 Å². The summed E-state index contributed by atoms with van der Waals surface area (Å²) in [7, 11) is 0. The van der Waals surface area contributed by atoms with E-state index >= 15 is 0 Å². The summed E-state index contributed by atoms with van der Waals surface area (Å²) < 4.78 is 0. The number of nitrogens with one attached hydrogen (secondary N) is 1. The maximum Gasteiger partial charge on any atom is 0.206 e. The van der Waals surface area contributed by atoms with Crippen LogP contribution in [0.1, 0.15) is 27.7 Å². The number of rotatable bonds is 2. The van der Waals surface area contributed by atoms with Crippen molar-refractivity contribution in [1.29, 1.82) is 0 Å². The fourth-order valence-electron chi connectivity index (χ4n) is 1.38. The molecule has 4 nitrogen and oxygen atoms in total. The highest BCUT2D eigenvalue weighted by molar-refractivity contribution is 7.80. The van der Waals surface area contributed by atoms with E-state index in [9.17, 15) is 0 Å². The molecular weight excluding hydrogens is 184 g/mol. The molecule has 74 valence electrons. The maximum absolute atomic E-state index is 5.14. The van der Waals surface area contributed by atoms with Gasteiger partial charge in [-0.1, -0.05) is 0 Å². The van der Waals surface area contributed by atoms with E-state index in [0.29, 0.717) is 11.2 Å². The molecule has 1 heterocycles. The fraction of sp³-hybridized carbons (Fsp3) is 0.750. The number of hydrogen-bond acceptors (Lipinski definition) is 3. The van der Waals surface area contributed by atoms with Gasteiger partial charge in [-0.05, 0) is 39.9 Å². The molecule has 0 aromatic heterocycles. The van der Waals surface area contributed by atoms with Crippen molar-refractivity contribution in [3.8, 4) is 0 Å². The van der Waals surface area contributed by atoms with Crippen LogP contribution in [0.2, 0.25) is 0 Å². The van der Waals surface area contributed by atoms with Gasteiger partial charge in [-0.15, -0.1) is 0 Å². The Labute approximate surface area is 84.6 Å². The number of nitrogens with zero attached hydrogens (tertiary/aromatic N) is 3. The average Bonchev–Trinajstić information content (AvgIpc) is 2.32. The largest absolute Gasteiger partial charge is 0.292 e. The molecule has 0 amide bonds. The third-order valence-corrected chi connectivity index (χ3v) is 2.26. The van der Waals surface area contributed by atoms with Gasteiger partial charge in [0.15, 0.2) is 0 Å². The first-order chi connectivity index (χ1) is 6.07. The Hall–Kier alpha value is -0.680. The van der Waals surface area contributed by atoms with Crippen LogP contribution in [0, 0.1) is 0 Å². The lowest BCUT2D eigenvalue weighted by Gasteiger charge is -2.25. The minimum atomic E-state index is 0.184. The molecular formula is C8H16N4S. The molecule has 13 heavy (non-hydrogen) atoms. The van der Waals surface area contributed by atoms with Crippen molar-refractivity contribution in [1.82, 2.24) is 15.4 Å². The molecule has 5 heteroatoms. The van der Waals surface area contributed by atoms with E-state index in [1.165, 1.54) is 0 Å². The minimum Gasteiger partial charge on any atom is -0.292 e. The molecule has 1 N–H and O–H groups in total. The Morgan fingerprint density at radius 1 is 1.62 bits per heavy atom. The number of hydrazine groups is 1. The fourth-order valence-corrected chi connectivity index (χ4v) is 1.68. The van der Waals surface area contributed by atoms with Crippen molar-refractivity contribution >= 4 is 23.5 Å². The summed E-state index contributed by atoms with van der Waals surface area (Å²) in [4.78, 5) is 0. The van der Waals surface area contributed by atoms with Crippen LogP contribution in [0.4, 0.5) is 0 Å². The molecule has 0 aliphatic carbocycles. The second-order valence-electron chi connectivity index (χ2n) is 3.27. The molecule has 1 unspecified atom stereocenters. The van der Waals surface area contributed by atoms with E-state index in [-0.39, 0.29) is 6.17 Å². The average molecular weight is 200 g/mol. The van der Waals surface area contributed by atoms with Crippen molar-refractivity contribution < 1.29 is 0 Å². The molecule has 1 fully saturated rings. The van der Waals surface area contributed by atoms with E-state index in [2.05, 4.69) is 36.3 Å². The molecule has 0 bridgehead atoms. The van der Waals surface area contributed by atoms with Crippen LogP contribution in [-0.4, -0.2) is 33.6 Å². The van der Waals surface area contributed by atoms with Crippen molar-refractivity contribution in [2.24, 2.45) is 5.10 Å². The summed E-state index contributed by atoms with van der Waals surface area (Å²) in [5, 5.41) is 8.73. The van der Waals surface area contributed by atoms with Crippen LogP contribution in [-0.2, 0) is 0 Å². The third-order valence-electron chi connectivity index (χ3n) is 1.99. The van der Waals surface area contributed by atoms with Crippen molar-refractivity contribution in [2.45, 2.75) is 39.9 Å². The van der Waals surface area contributed by atoms with Crippen LogP contribution in [0.5, 0.6) is 0 Å².